The average molecular weight is 331 g/mol. The molecule has 0 aromatic carbocycles. The lowest BCUT2D eigenvalue weighted by Crippen LogP contribution is -2.38. The molecule has 0 bridgehead atoms. The van der Waals surface area contributed by atoms with Crippen LogP contribution in [0.15, 0.2) is 27.1 Å². The first kappa shape index (κ1) is 16.8. The van der Waals surface area contributed by atoms with Gasteiger partial charge in [-0.05, 0) is 57.8 Å². The molecule has 130 valence electrons. The van der Waals surface area contributed by atoms with Crippen molar-refractivity contribution in [3.63, 3.8) is 0 Å². The van der Waals surface area contributed by atoms with Crippen molar-refractivity contribution in [2.75, 3.05) is 19.6 Å². The SMILES string of the molecule is Cc1cc(CC(=O)NCC2CCN(Cc3ccc(C)o3)CC2)on1. The minimum absolute atomic E-state index is 0.000333. The van der Waals surface area contributed by atoms with Gasteiger partial charge in [0.25, 0.3) is 0 Å². The lowest BCUT2D eigenvalue weighted by Gasteiger charge is -2.31. The van der Waals surface area contributed by atoms with Crippen molar-refractivity contribution in [2.45, 2.75) is 39.7 Å². The molecule has 0 aliphatic carbocycles. The smallest absolute Gasteiger partial charge is 0.227 e. The zero-order chi connectivity index (χ0) is 16.9. The lowest BCUT2D eigenvalue weighted by molar-refractivity contribution is -0.121. The Hall–Kier alpha value is -2.08. The lowest BCUT2D eigenvalue weighted by atomic mass is 9.96. The molecule has 1 N–H and O–H groups in total. The van der Waals surface area contributed by atoms with Crippen molar-refractivity contribution in [1.82, 2.24) is 15.4 Å². The van der Waals surface area contributed by atoms with Crippen LogP contribution in [0.5, 0.6) is 0 Å². The number of carbonyl (C=O) groups is 1. The Morgan fingerprint density at radius 1 is 1.29 bits per heavy atom. The van der Waals surface area contributed by atoms with Gasteiger partial charge in [-0.2, -0.15) is 0 Å². The molecule has 24 heavy (non-hydrogen) atoms. The van der Waals surface area contributed by atoms with Crippen molar-refractivity contribution in [3.8, 4) is 0 Å². The normalized spacial score (nSPS) is 16.4. The molecular formula is C18H25N3O3. The summed E-state index contributed by atoms with van der Waals surface area (Å²) in [7, 11) is 0. The van der Waals surface area contributed by atoms with Gasteiger partial charge in [0.15, 0.2) is 0 Å². The van der Waals surface area contributed by atoms with Gasteiger partial charge in [-0.25, -0.2) is 0 Å². The fraction of sp³-hybridized carbons (Fsp3) is 0.556. The number of hydrogen-bond donors (Lipinski definition) is 1. The van der Waals surface area contributed by atoms with Gasteiger partial charge >= 0.3 is 0 Å². The van der Waals surface area contributed by atoms with Crippen molar-refractivity contribution in [3.05, 3.63) is 41.2 Å². The summed E-state index contributed by atoms with van der Waals surface area (Å²) < 4.78 is 10.7. The third-order valence-electron chi connectivity index (χ3n) is 4.48. The molecule has 0 unspecified atom stereocenters. The van der Waals surface area contributed by atoms with Crippen LogP contribution in [0.3, 0.4) is 0 Å². The number of rotatable bonds is 6. The maximum Gasteiger partial charge on any atom is 0.227 e. The molecule has 3 rings (SSSR count). The van der Waals surface area contributed by atoms with Gasteiger partial charge < -0.3 is 14.3 Å². The molecule has 0 spiro atoms. The van der Waals surface area contributed by atoms with Crippen LogP contribution >= 0.6 is 0 Å². The molecular weight excluding hydrogens is 306 g/mol. The molecule has 1 saturated heterocycles. The van der Waals surface area contributed by atoms with E-state index in [1.165, 1.54) is 0 Å². The molecule has 2 aromatic heterocycles. The number of amides is 1. The largest absolute Gasteiger partial charge is 0.465 e. The number of aryl methyl sites for hydroxylation is 2. The summed E-state index contributed by atoms with van der Waals surface area (Å²) in [6.07, 6.45) is 2.46. The van der Waals surface area contributed by atoms with E-state index >= 15 is 0 Å². The van der Waals surface area contributed by atoms with Crippen molar-refractivity contribution >= 4 is 5.91 Å². The predicted molar refractivity (Wildman–Crippen MR) is 89.4 cm³/mol. The highest BCUT2D eigenvalue weighted by Gasteiger charge is 2.20. The van der Waals surface area contributed by atoms with E-state index in [1.807, 2.05) is 26.0 Å². The van der Waals surface area contributed by atoms with Crippen LogP contribution in [0.4, 0.5) is 0 Å². The van der Waals surface area contributed by atoms with Gasteiger partial charge in [0.1, 0.15) is 17.3 Å². The van der Waals surface area contributed by atoms with Crippen LogP contribution in [0.2, 0.25) is 0 Å². The Kier molecular flexibility index (Phi) is 5.35. The summed E-state index contributed by atoms with van der Waals surface area (Å²) in [6.45, 7) is 7.52. The van der Waals surface area contributed by atoms with E-state index in [-0.39, 0.29) is 12.3 Å². The molecule has 1 aliphatic rings. The first-order valence-corrected chi connectivity index (χ1v) is 8.55. The first-order chi connectivity index (χ1) is 11.6. The fourth-order valence-electron chi connectivity index (χ4n) is 3.12. The molecule has 3 heterocycles. The summed E-state index contributed by atoms with van der Waals surface area (Å²) >= 11 is 0. The Balaban J connectivity index is 1.35. The van der Waals surface area contributed by atoms with Crippen LogP contribution in [-0.4, -0.2) is 35.6 Å². The fourth-order valence-corrected chi connectivity index (χ4v) is 3.12. The maximum atomic E-state index is 12.0. The van der Waals surface area contributed by atoms with Crippen LogP contribution in [0.1, 0.15) is 35.8 Å². The van der Waals surface area contributed by atoms with E-state index in [0.717, 1.165) is 56.2 Å². The average Bonchev–Trinajstić information content (AvgIpc) is 3.15. The monoisotopic (exact) mass is 331 g/mol. The molecule has 6 heteroatoms. The van der Waals surface area contributed by atoms with E-state index in [1.54, 1.807) is 6.07 Å². The van der Waals surface area contributed by atoms with E-state index < -0.39 is 0 Å². The molecule has 1 aliphatic heterocycles. The van der Waals surface area contributed by atoms with Crippen LogP contribution in [0.25, 0.3) is 0 Å². The molecule has 0 radical (unpaired) electrons. The number of aromatic nitrogens is 1. The molecule has 2 aromatic rings. The van der Waals surface area contributed by atoms with Gasteiger partial charge in [0.05, 0.1) is 18.7 Å². The predicted octanol–water partition coefficient (Wildman–Crippen LogP) is 2.46. The standard InChI is InChI=1S/C18H25N3O3/c1-13-9-17(24-20-13)10-18(22)19-11-15-5-7-21(8-6-15)12-16-4-3-14(2)23-16/h3-4,9,15H,5-8,10-12H2,1-2H3,(H,19,22). The second-order valence-corrected chi connectivity index (χ2v) is 6.65. The number of hydrogen-bond acceptors (Lipinski definition) is 5. The minimum Gasteiger partial charge on any atom is -0.465 e. The molecule has 0 saturated carbocycles. The van der Waals surface area contributed by atoms with E-state index in [2.05, 4.69) is 15.4 Å². The summed E-state index contributed by atoms with van der Waals surface area (Å²) in [6, 6.07) is 5.86. The first-order valence-electron chi connectivity index (χ1n) is 8.55. The quantitative estimate of drug-likeness (QED) is 0.880. The van der Waals surface area contributed by atoms with Crippen molar-refractivity contribution in [2.24, 2.45) is 5.92 Å². The molecule has 0 atom stereocenters. The van der Waals surface area contributed by atoms with Gasteiger partial charge in [-0.15, -0.1) is 0 Å². The van der Waals surface area contributed by atoms with Crippen LogP contribution in [-0.2, 0) is 17.8 Å². The van der Waals surface area contributed by atoms with Crippen LogP contribution in [0, 0.1) is 19.8 Å². The Morgan fingerprint density at radius 2 is 2.08 bits per heavy atom. The minimum atomic E-state index is -0.000333. The summed E-state index contributed by atoms with van der Waals surface area (Å²) in [5.74, 6) is 3.15. The van der Waals surface area contributed by atoms with Crippen LogP contribution < -0.4 is 5.32 Å². The zero-order valence-electron chi connectivity index (χ0n) is 14.4. The summed E-state index contributed by atoms with van der Waals surface area (Å²) in [5, 5.41) is 6.81. The highest BCUT2D eigenvalue weighted by molar-refractivity contribution is 5.77. The Bertz CT molecular complexity index is 669. The van der Waals surface area contributed by atoms with Gasteiger partial charge in [0.2, 0.25) is 5.91 Å². The summed E-state index contributed by atoms with van der Waals surface area (Å²) in [5.41, 5.74) is 0.803. The molecule has 1 fully saturated rings. The molecule has 6 nitrogen and oxygen atoms in total. The molecule has 1 amide bonds. The highest BCUT2D eigenvalue weighted by Crippen LogP contribution is 2.19. The number of nitrogens with zero attached hydrogens (tertiary/aromatic N) is 2. The zero-order valence-corrected chi connectivity index (χ0v) is 14.4. The maximum absolute atomic E-state index is 12.0. The highest BCUT2D eigenvalue weighted by atomic mass is 16.5. The Morgan fingerprint density at radius 3 is 2.71 bits per heavy atom. The second-order valence-electron chi connectivity index (χ2n) is 6.65. The number of piperidine rings is 1. The third kappa shape index (κ3) is 4.71. The second kappa shape index (κ2) is 7.66. The van der Waals surface area contributed by atoms with Gasteiger partial charge in [0, 0.05) is 12.6 Å². The van der Waals surface area contributed by atoms with Crippen molar-refractivity contribution < 1.29 is 13.7 Å². The Labute approximate surface area is 142 Å². The van der Waals surface area contributed by atoms with E-state index in [0.29, 0.717) is 11.7 Å². The number of likely N-dealkylation sites (tertiary alicyclic amines) is 1. The topological polar surface area (TPSA) is 71.5 Å². The van der Waals surface area contributed by atoms with Gasteiger partial charge in [-0.1, -0.05) is 5.16 Å². The van der Waals surface area contributed by atoms with E-state index in [9.17, 15) is 4.79 Å². The number of nitrogens with one attached hydrogen (secondary N) is 1. The third-order valence-corrected chi connectivity index (χ3v) is 4.48. The number of carbonyl (C=O) groups excluding carboxylic acids is 1. The van der Waals surface area contributed by atoms with Crippen molar-refractivity contribution in [1.29, 1.82) is 0 Å². The summed E-state index contributed by atoms with van der Waals surface area (Å²) in [4.78, 5) is 14.4. The van der Waals surface area contributed by atoms with E-state index in [4.69, 9.17) is 8.94 Å². The van der Waals surface area contributed by atoms with Gasteiger partial charge in [-0.3, -0.25) is 9.69 Å². The number of furan rings is 1.